The smallest absolute Gasteiger partial charge is 0.255 e. The minimum absolute atomic E-state index is 0.0766. The molecule has 1 fully saturated rings. The molecule has 0 aliphatic heterocycles. The van der Waals surface area contributed by atoms with Gasteiger partial charge in [-0.3, -0.25) is 19.1 Å². The molecule has 28 heavy (non-hydrogen) atoms. The van der Waals surface area contributed by atoms with Gasteiger partial charge in [0.1, 0.15) is 6.54 Å². The number of nitrogens with one attached hydrogen (secondary N) is 3. The van der Waals surface area contributed by atoms with Gasteiger partial charge in [0.25, 0.3) is 5.91 Å². The SMILES string of the molecule is CCC(=O)Nc1cccc(C(=O)Nc2cnn(CC(=O)NC3CCCC3)c2)c1. The van der Waals surface area contributed by atoms with Crippen LogP contribution in [0.2, 0.25) is 0 Å². The highest BCUT2D eigenvalue weighted by Gasteiger charge is 2.17. The molecular weight excluding hydrogens is 358 g/mol. The summed E-state index contributed by atoms with van der Waals surface area (Å²) in [4.78, 5) is 36.0. The number of carbonyl (C=O) groups excluding carboxylic acids is 3. The van der Waals surface area contributed by atoms with Crippen molar-refractivity contribution in [3.8, 4) is 0 Å². The van der Waals surface area contributed by atoms with E-state index in [9.17, 15) is 14.4 Å². The molecule has 1 aliphatic rings. The van der Waals surface area contributed by atoms with Crippen molar-refractivity contribution in [1.29, 1.82) is 0 Å². The van der Waals surface area contributed by atoms with E-state index < -0.39 is 0 Å². The highest BCUT2D eigenvalue weighted by atomic mass is 16.2. The lowest BCUT2D eigenvalue weighted by Crippen LogP contribution is -2.35. The Morgan fingerprint density at radius 2 is 1.89 bits per heavy atom. The van der Waals surface area contributed by atoms with E-state index in [1.165, 1.54) is 10.9 Å². The van der Waals surface area contributed by atoms with Gasteiger partial charge in [0.05, 0.1) is 11.9 Å². The summed E-state index contributed by atoms with van der Waals surface area (Å²) in [5, 5.41) is 12.6. The largest absolute Gasteiger partial charge is 0.352 e. The fourth-order valence-electron chi connectivity index (χ4n) is 3.20. The predicted molar refractivity (Wildman–Crippen MR) is 106 cm³/mol. The molecule has 2 aromatic rings. The molecule has 3 amide bonds. The van der Waals surface area contributed by atoms with Crippen LogP contribution < -0.4 is 16.0 Å². The number of aromatic nitrogens is 2. The lowest BCUT2D eigenvalue weighted by atomic mass is 10.2. The summed E-state index contributed by atoms with van der Waals surface area (Å²) >= 11 is 0. The fraction of sp³-hybridized carbons (Fsp3) is 0.400. The molecule has 0 saturated heterocycles. The molecule has 1 aromatic carbocycles. The summed E-state index contributed by atoms with van der Waals surface area (Å²) in [5.74, 6) is -0.510. The number of hydrogen-bond acceptors (Lipinski definition) is 4. The van der Waals surface area contributed by atoms with Gasteiger partial charge in [-0.25, -0.2) is 0 Å². The Balaban J connectivity index is 1.55. The molecule has 1 heterocycles. The first kappa shape index (κ1) is 19.6. The third-order valence-corrected chi connectivity index (χ3v) is 4.65. The van der Waals surface area contributed by atoms with Crippen LogP contribution in [0.3, 0.4) is 0 Å². The molecule has 1 saturated carbocycles. The molecule has 8 nitrogen and oxygen atoms in total. The van der Waals surface area contributed by atoms with Crippen LogP contribution in [0.5, 0.6) is 0 Å². The van der Waals surface area contributed by atoms with Crippen LogP contribution in [-0.2, 0) is 16.1 Å². The first-order chi connectivity index (χ1) is 13.5. The molecule has 0 atom stereocenters. The Morgan fingerprint density at radius 1 is 1.11 bits per heavy atom. The maximum absolute atomic E-state index is 12.4. The molecule has 148 valence electrons. The first-order valence-electron chi connectivity index (χ1n) is 9.56. The standard InChI is InChI=1S/C20H25N5O3/c1-2-18(26)23-16-9-5-6-14(10-16)20(28)24-17-11-21-25(12-17)13-19(27)22-15-7-3-4-8-15/h5-6,9-12,15H,2-4,7-8,13H2,1H3,(H,22,27)(H,23,26)(H,24,28). The lowest BCUT2D eigenvalue weighted by molar-refractivity contribution is -0.122. The van der Waals surface area contributed by atoms with E-state index in [0.717, 1.165) is 25.7 Å². The van der Waals surface area contributed by atoms with Crippen molar-refractivity contribution in [1.82, 2.24) is 15.1 Å². The summed E-state index contributed by atoms with van der Waals surface area (Å²) in [6, 6.07) is 6.98. The predicted octanol–water partition coefficient (Wildman–Crippen LogP) is 2.54. The summed E-state index contributed by atoms with van der Waals surface area (Å²) in [5.41, 5.74) is 1.49. The van der Waals surface area contributed by atoms with Crippen molar-refractivity contribution in [2.45, 2.75) is 51.6 Å². The first-order valence-corrected chi connectivity index (χ1v) is 9.56. The van der Waals surface area contributed by atoms with Gasteiger partial charge in [-0.2, -0.15) is 5.10 Å². The van der Waals surface area contributed by atoms with Gasteiger partial charge in [0, 0.05) is 29.9 Å². The molecule has 0 radical (unpaired) electrons. The average Bonchev–Trinajstić information content (AvgIpc) is 3.34. The van der Waals surface area contributed by atoms with E-state index in [-0.39, 0.29) is 30.3 Å². The third kappa shape index (κ3) is 5.42. The van der Waals surface area contributed by atoms with Crippen LogP contribution in [0.15, 0.2) is 36.7 Å². The van der Waals surface area contributed by atoms with Crippen molar-refractivity contribution >= 4 is 29.1 Å². The van der Waals surface area contributed by atoms with Crippen LogP contribution in [0.1, 0.15) is 49.4 Å². The number of carbonyl (C=O) groups is 3. The number of hydrogen-bond donors (Lipinski definition) is 3. The normalized spacial score (nSPS) is 13.9. The highest BCUT2D eigenvalue weighted by molar-refractivity contribution is 6.05. The van der Waals surface area contributed by atoms with Crippen LogP contribution in [-0.4, -0.2) is 33.5 Å². The monoisotopic (exact) mass is 383 g/mol. The van der Waals surface area contributed by atoms with Crippen LogP contribution >= 0.6 is 0 Å². The zero-order chi connectivity index (χ0) is 19.9. The Hall–Kier alpha value is -3.16. The van der Waals surface area contributed by atoms with Gasteiger partial charge >= 0.3 is 0 Å². The van der Waals surface area contributed by atoms with E-state index in [1.54, 1.807) is 37.4 Å². The number of nitrogens with zero attached hydrogens (tertiary/aromatic N) is 2. The number of anilines is 2. The molecule has 1 aliphatic carbocycles. The second kappa shape index (κ2) is 9.16. The Kier molecular flexibility index (Phi) is 6.41. The maximum atomic E-state index is 12.4. The van der Waals surface area contributed by atoms with Crippen molar-refractivity contribution in [2.75, 3.05) is 10.6 Å². The van der Waals surface area contributed by atoms with E-state index >= 15 is 0 Å². The summed E-state index contributed by atoms with van der Waals surface area (Å²) in [6.07, 6.45) is 7.87. The van der Waals surface area contributed by atoms with Gasteiger partial charge in [0.2, 0.25) is 11.8 Å². The molecule has 0 unspecified atom stereocenters. The number of benzene rings is 1. The molecule has 0 spiro atoms. The van der Waals surface area contributed by atoms with Crippen molar-refractivity contribution in [3.05, 3.63) is 42.2 Å². The molecule has 3 N–H and O–H groups in total. The van der Waals surface area contributed by atoms with Crippen molar-refractivity contribution in [2.24, 2.45) is 0 Å². The molecule has 8 heteroatoms. The molecule has 3 rings (SSSR count). The van der Waals surface area contributed by atoms with Crippen LogP contribution in [0, 0.1) is 0 Å². The Bertz CT molecular complexity index is 855. The molecule has 0 bridgehead atoms. The van der Waals surface area contributed by atoms with Crippen molar-refractivity contribution < 1.29 is 14.4 Å². The second-order valence-corrected chi connectivity index (χ2v) is 6.91. The van der Waals surface area contributed by atoms with Crippen LogP contribution in [0.4, 0.5) is 11.4 Å². The average molecular weight is 383 g/mol. The fourth-order valence-corrected chi connectivity index (χ4v) is 3.20. The zero-order valence-corrected chi connectivity index (χ0v) is 15.9. The second-order valence-electron chi connectivity index (χ2n) is 6.91. The summed E-state index contributed by atoms with van der Waals surface area (Å²) in [6.45, 7) is 1.88. The lowest BCUT2D eigenvalue weighted by Gasteiger charge is -2.11. The minimum atomic E-state index is -0.317. The highest BCUT2D eigenvalue weighted by Crippen LogP contribution is 2.17. The number of rotatable bonds is 7. The van der Waals surface area contributed by atoms with E-state index in [0.29, 0.717) is 23.4 Å². The molecular formula is C20H25N5O3. The van der Waals surface area contributed by atoms with Gasteiger partial charge in [-0.15, -0.1) is 0 Å². The van der Waals surface area contributed by atoms with E-state index in [1.807, 2.05) is 0 Å². The van der Waals surface area contributed by atoms with Gasteiger partial charge in [-0.1, -0.05) is 25.8 Å². The topological polar surface area (TPSA) is 105 Å². The molecule has 1 aromatic heterocycles. The number of amides is 3. The zero-order valence-electron chi connectivity index (χ0n) is 15.9. The Morgan fingerprint density at radius 3 is 2.64 bits per heavy atom. The summed E-state index contributed by atoms with van der Waals surface area (Å²) in [7, 11) is 0. The van der Waals surface area contributed by atoms with Gasteiger partial charge in [-0.05, 0) is 31.0 Å². The van der Waals surface area contributed by atoms with Crippen molar-refractivity contribution in [3.63, 3.8) is 0 Å². The minimum Gasteiger partial charge on any atom is -0.352 e. The van der Waals surface area contributed by atoms with Gasteiger partial charge < -0.3 is 16.0 Å². The quantitative estimate of drug-likeness (QED) is 0.683. The third-order valence-electron chi connectivity index (χ3n) is 4.65. The van der Waals surface area contributed by atoms with Crippen LogP contribution in [0.25, 0.3) is 0 Å². The van der Waals surface area contributed by atoms with E-state index in [2.05, 4.69) is 21.0 Å². The van der Waals surface area contributed by atoms with Gasteiger partial charge in [0.15, 0.2) is 0 Å². The van der Waals surface area contributed by atoms with E-state index in [4.69, 9.17) is 0 Å². The maximum Gasteiger partial charge on any atom is 0.255 e. The summed E-state index contributed by atoms with van der Waals surface area (Å²) < 4.78 is 1.50. The Labute approximate surface area is 163 Å².